The number of unbranched alkanes of at least 4 members (excludes halogenated alkanes) is 38. The number of allylic oxidation sites excluding steroid dienone is 4. The monoisotopic (exact) mass is 901 g/mol. The highest BCUT2D eigenvalue weighted by molar-refractivity contribution is 5.71. The Balaban J connectivity index is 4.32. The molecule has 0 spiro atoms. The van der Waals surface area contributed by atoms with Gasteiger partial charge in [0, 0.05) is 19.3 Å². The lowest BCUT2D eigenvalue weighted by Gasteiger charge is -2.18. The van der Waals surface area contributed by atoms with E-state index in [1.807, 2.05) is 0 Å². The van der Waals surface area contributed by atoms with Gasteiger partial charge in [0.05, 0.1) is 0 Å². The Bertz CT molecular complexity index is 1040. The lowest BCUT2D eigenvalue weighted by Crippen LogP contribution is -2.30. The van der Waals surface area contributed by atoms with Gasteiger partial charge < -0.3 is 14.2 Å². The maximum atomic E-state index is 12.8. The van der Waals surface area contributed by atoms with E-state index in [1.165, 1.54) is 193 Å². The molecule has 0 aromatic carbocycles. The smallest absolute Gasteiger partial charge is 0.306 e. The summed E-state index contributed by atoms with van der Waals surface area (Å²) in [7, 11) is 0. The highest BCUT2D eigenvalue weighted by atomic mass is 16.6. The molecule has 6 heteroatoms. The van der Waals surface area contributed by atoms with E-state index in [1.54, 1.807) is 0 Å². The minimum atomic E-state index is -0.772. The number of ether oxygens (including phenoxy) is 3. The second-order valence-electron chi connectivity index (χ2n) is 19.2. The first-order chi connectivity index (χ1) is 31.5. The van der Waals surface area contributed by atoms with Crippen molar-refractivity contribution >= 4 is 17.9 Å². The van der Waals surface area contributed by atoms with E-state index in [0.717, 1.165) is 77.0 Å². The summed E-state index contributed by atoms with van der Waals surface area (Å²) in [5.41, 5.74) is 0. The van der Waals surface area contributed by atoms with Crippen molar-refractivity contribution in [3.05, 3.63) is 24.3 Å². The van der Waals surface area contributed by atoms with Crippen LogP contribution in [0, 0.1) is 0 Å². The van der Waals surface area contributed by atoms with E-state index >= 15 is 0 Å². The van der Waals surface area contributed by atoms with Crippen LogP contribution in [-0.4, -0.2) is 37.2 Å². The van der Waals surface area contributed by atoms with Crippen LogP contribution in [0.15, 0.2) is 24.3 Å². The zero-order valence-corrected chi connectivity index (χ0v) is 43.1. The van der Waals surface area contributed by atoms with Gasteiger partial charge >= 0.3 is 17.9 Å². The molecule has 376 valence electrons. The maximum Gasteiger partial charge on any atom is 0.306 e. The van der Waals surface area contributed by atoms with Crippen molar-refractivity contribution in [1.82, 2.24) is 0 Å². The van der Waals surface area contributed by atoms with Crippen molar-refractivity contribution in [2.45, 2.75) is 316 Å². The van der Waals surface area contributed by atoms with Gasteiger partial charge in [-0.05, 0) is 44.9 Å². The zero-order valence-electron chi connectivity index (χ0n) is 43.1. The molecule has 6 nitrogen and oxygen atoms in total. The Morgan fingerprint density at radius 3 is 0.828 bits per heavy atom. The van der Waals surface area contributed by atoms with Gasteiger partial charge in [-0.3, -0.25) is 14.4 Å². The summed E-state index contributed by atoms with van der Waals surface area (Å²) in [6, 6.07) is 0. The molecule has 0 aliphatic rings. The molecule has 1 atom stereocenters. The van der Waals surface area contributed by atoms with Crippen LogP contribution in [0.3, 0.4) is 0 Å². The quantitative estimate of drug-likeness (QED) is 0.0262. The van der Waals surface area contributed by atoms with Gasteiger partial charge in [-0.15, -0.1) is 0 Å². The van der Waals surface area contributed by atoms with Crippen molar-refractivity contribution in [3.8, 4) is 0 Å². The first kappa shape index (κ1) is 61.9. The summed E-state index contributed by atoms with van der Waals surface area (Å²) in [6.45, 7) is 6.66. The Kier molecular flexibility index (Phi) is 51.7. The van der Waals surface area contributed by atoms with E-state index in [4.69, 9.17) is 14.2 Å². The maximum absolute atomic E-state index is 12.8. The average molecular weight is 901 g/mol. The Labute approximate surface area is 398 Å². The average Bonchev–Trinajstić information content (AvgIpc) is 3.29. The first-order valence-corrected chi connectivity index (χ1v) is 28.4. The molecule has 0 heterocycles. The van der Waals surface area contributed by atoms with Crippen LogP contribution < -0.4 is 0 Å². The number of rotatable bonds is 52. The highest BCUT2D eigenvalue weighted by Gasteiger charge is 2.19. The summed E-state index contributed by atoms with van der Waals surface area (Å²) in [6.07, 6.45) is 61.6. The topological polar surface area (TPSA) is 78.9 Å². The molecule has 0 saturated carbocycles. The normalized spacial score (nSPS) is 12.1. The Morgan fingerprint density at radius 1 is 0.312 bits per heavy atom. The minimum Gasteiger partial charge on any atom is -0.462 e. The summed E-state index contributed by atoms with van der Waals surface area (Å²) < 4.78 is 16.8. The van der Waals surface area contributed by atoms with Gasteiger partial charge in [-0.1, -0.05) is 270 Å². The predicted molar refractivity (Wildman–Crippen MR) is 275 cm³/mol. The SMILES string of the molecule is CCCCCCCCC/C=C\C=C/CCCCCCCC(=O)OCC(COC(=O)CCCCCCCCCCCCC)OC(=O)CCCCCCCCCCCCCCCCCCC. The van der Waals surface area contributed by atoms with E-state index in [2.05, 4.69) is 45.1 Å². The number of hydrogen-bond donors (Lipinski definition) is 0. The summed E-state index contributed by atoms with van der Waals surface area (Å²) in [5, 5.41) is 0. The lowest BCUT2D eigenvalue weighted by molar-refractivity contribution is -0.167. The molecule has 0 aromatic rings. The lowest BCUT2D eigenvalue weighted by atomic mass is 10.0. The predicted octanol–water partition coefficient (Wildman–Crippen LogP) is 18.7. The summed E-state index contributed by atoms with van der Waals surface area (Å²) in [5.74, 6) is -0.868. The fourth-order valence-electron chi connectivity index (χ4n) is 8.44. The second-order valence-corrected chi connectivity index (χ2v) is 19.2. The van der Waals surface area contributed by atoms with Crippen LogP contribution in [-0.2, 0) is 28.6 Å². The molecule has 0 rings (SSSR count). The molecule has 0 aliphatic heterocycles. The fraction of sp³-hybridized carbons (Fsp3) is 0.879. The van der Waals surface area contributed by atoms with Crippen molar-refractivity contribution in [3.63, 3.8) is 0 Å². The third-order valence-electron chi connectivity index (χ3n) is 12.7. The third-order valence-corrected chi connectivity index (χ3v) is 12.7. The van der Waals surface area contributed by atoms with Crippen LogP contribution in [0.1, 0.15) is 310 Å². The second kappa shape index (κ2) is 53.5. The molecular weight excluding hydrogens is 793 g/mol. The van der Waals surface area contributed by atoms with Crippen LogP contribution in [0.25, 0.3) is 0 Å². The first-order valence-electron chi connectivity index (χ1n) is 28.4. The molecular formula is C58H108O6. The van der Waals surface area contributed by atoms with E-state index in [-0.39, 0.29) is 31.1 Å². The summed E-state index contributed by atoms with van der Waals surface area (Å²) >= 11 is 0. The van der Waals surface area contributed by atoms with E-state index < -0.39 is 6.10 Å². The van der Waals surface area contributed by atoms with Crippen molar-refractivity contribution in [1.29, 1.82) is 0 Å². The summed E-state index contributed by atoms with van der Waals surface area (Å²) in [4.78, 5) is 38.1. The molecule has 0 aromatic heterocycles. The highest BCUT2D eigenvalue weighted by Crippen LogP contribution is 2.17. The van der Waals surface area contributed by atoms with E-state index in [0.29, 0.717) is 19.3 Å². The molecule has 0 N–H and O–H groups in total. The molecule has 1 unspecified atom stereocenters. The number of hydrogen-bond acceptors (Lipinski definition) is 6. The molecule has 0 fully saturated rings. The molecule has 0 amide bonds. The van der Waals surface area contributed by atoms with Gasteiger partial charge in [-0.25, -0.2) is 0 Å². The Morgan fingerprint density at radius 2 is 0.547 bits per heavy atom. The van der Waals surface area contributed by atoms with Gasteiger partial charge in [0.2, 0.25) is 0 Å². The zero-order chi connectivity index (χ0) is 46.5. The van der Waals surface area contributed by atoms with E-state index in [9.17, 15) is 14.4 Å². The molecule has 64 heavy (non-hydrogen) atoms. The standard InChI is InChI=1S/C58H108O6/c1-4-7-10-13-16-19-22-24-26-28-30-31-33-36-39-42-45-48-51-57(60)63-54-55(53-62-56(59)50-47-44-41-38-35-21-18-15-12-9-6-3)64-58(61)52-49-46-43-40-37-34-32-29-27-25-23-20-17-14-11-8-5-2/h26,28,30-31,55H,4-25,27,29,32-54H2,1-3H3/b28-26-,31-30-. The molecule has 0 bridgehead atoms. The van der Waals surface area contributed by atoms with Crippen molar-refractivity contribution < 1.29 is 28.6 Å². The number of esters is 3. The van der Waals surface area contributed by atoms with Gasteiger partial charge in [0.25, 0.3) is 0 Å². The van der Waals surface area contributed by atoms with Crippen LogP contribution in [0.2, 0.25) is 0 Å². The number of carbonyl (C=O) groups excluding carboxylic acids is 3. The van der Waals surface area contributed by atoms with Gasteiger partial charge in [0.15, 0.2) is 6.10 Å². The fourth-order valence-corrected chi connectivity index (χ4v) is 8.44. The van der Waals surface area contributed by atoms with Crippen LogP contribution >= 0.6 is 0 Å². The Hall–Kier alpha value is -2.11. The third kappa shape index (κ3) is 50.9. The van der Waals surface area contributed by atoms with Crippen molar-refractivity contribution in [2.75, 3.05) is 13.2 Å². The minimum absolute atomic E-state index is 0.0711. The number of carbonyl (C=O) groups is 3. The largest absolute Gasteiger partial charge is 0.462 e. The van der Waals surface area contributed by atoms with Crippen molar-refractivity contribution in [2.24, 2.45) is 0 Å². The molecule has 0 aliphatic carbocycles. The van der Waals surface area contributed by atoms with Gasteiger partial charge in [-0.2, -0.15) is 0 Å². The molecule has 0 saturated heterocycles. The van der Waals surface area contributed by atoms with Gasteiger partial charge in [0.1, 0.15) is 13.2 Å². The molecule has 0 radical (unpaired) electrons. The van der Waals surface area contributed by atoms with Crippen LogP contribution in [0.4, 0.5) is 0 Å². The van der Waals surface area contributed by atoms with Crippen LogP contribution in [0.5, 0.6) is 0 Å².